The largest absolute Gasteiger partial charge is 0.508 e. The summed E-state index contributed by atoms with van der Waals surface area (Å²) in [5.74, 6) is 0.343. The van der Waals surface area contributed by atoms with Crippen LogP contribution in [-0.4, -0.2) is 40.2 Å². The second-order valence-corrected chi connectivity index (χ2v) is 18.6. The molecule has 0 amide bonds. The minimum absolute atomic E-state index is 0.120. The topological polar surface area (TPSA) is 102 Å². The van der Waals surface area contributed by atoms with Gasteiger partial charge in [0, 0.05) is 16.5 Å². The highest BCUT2D eigenvalue weighted by molar-refractivity contribution is 5.83. The molecule has 0 radical (unpaired) electrons. The fourth-order valence-corrected chi connectivity index (χ4v) is 8.41. The minimum atomic E-state index is -0.746. The summed E-state index contributed by atoms with van der Waals surface area (Å²) in [7, 11) is 0. The number of aromatic hydroxyl groups is 2. The minimum Gasteiger partial charge on any atom is -0.508 e. The molecule has 6 rings (SSSR count). The lowest BCUT2D eigenvalue weighted by atomic mass is 9.75. The first-order valence-electron chi connectivity index (χ1n) is 18.0. The number of phenols is 2. The number of aromatic nitrogens is 6. The molecule has 2 aromatic heterocycles. The maximum absolute atomic E-state index is 11.3. The third kappa shape index (κ3) is 7.10. The van der Waals surface area contributed by atoms with Crippen molar-refractivity contribution < 1.29 is 10.2 Å². The van der Waals surface area contributed by atoms with E-state index in [2.05, 4.69) is 114 Å². The fourth-order valence-electron chi connectivity index (χ4n) is 8.41. The molecule has 0 spiro atoms. The van der Waals surface area contributed by atoms with Gasteiger partial charge in [-0.1, -0.05) is 90.1 Å². The van der Waals surface area contributed by atoms with Crippen molar-refractivity contribution >= 4 is 22.1 Å². The Morgan fingerprint density at radius 2 is 0.804 bits per heavy atom. The number of hydrogen-bond donors (Lipinski definition) is 2. The predicted molar refractivity (Wildman–Crippen MR) is 208 cm³/mol. The van der Waals surface area contributed by atoms with Crippen LogP contribution in [0, 0.1) is 10.8 Å². The SMILES string of the molecule is CC(C)(C)CC(C)(C)n1nnc2ccc(-c3ccc(O)c(C(C)(C)c4cc(-c5ccc6nnn(C(C)(C)CC(C)(C)C)c6c5)ccc4O)c3)cc21. The van der Waals surface area contributed by atoms with E-state index < -0.39 is 5.41 Å². The van der Waals surface area contributed by atoms with E-state index in [1.807, 2.05) is 59.6 Å². The molecule has 8 heteroatoms. The molecule has 51 heavy (non-hydrogen) atoms. The van der Waals surface area contributed by atoms with Gasteiger partial charge in [0.2, 0.25) is 0 Å². The van der Waals surface area contributed by atoms with Gasteiger partial charge in [-0.05, 0) is 122 Å². The highest BCUT2D eigenvalue weighted by atomic mass is 16.3. The smallest absolute Gasteiger partial charge is 0.119 e. The third-order valence-corrected chi connectivity index (χ3v) is 9.97. The summed E-state index contributed by atoms with van der Waals surface area (Å²) in [5, 5.41) is 40.7. The van der Waals surface area contributed by atoms with Crippen molar-refractivity contribution in [2.75, 3.05) is 0 Å². The van der Waals surface area contributed by atoms with E-state index in [4.69, 9.17) is 0 Å². The molecule has 0 atom stereocenters. The van der Waals surface area contributed by atoms with E-state index in [1.54, 1.807) is 12.1 Å². The Hall–Kier alpha value is -4.72. The molecule has 0 saturated carbocycles. The molecule has 6 aromatic rings. The van der Waals surface area contributed by atoms with Gasteiger partial charge in [-0.2, -0.15) is 0 Å². The quantitative estimate of drug-likeness (QED) is 0.165. The highest BCUT2D eigenvalue weighted by Gasteiger charge is 2.33. The van der Waals surface area contributed by atoms with Gasteiger partial charge in [0.25, 0.3) is 0 Å². The summed E-state index contributed by atoms with van der Waals surface area (Å²) in [5.41, 5.74) is 8.00. The molecule has 0 aliphatic rings. The van der Waals surface area contributed by atoms with Gasteiger partial charge in [0.05, 0.1) is 22.1 Å². The van der Waals surface area contributed by atoms with Crippen LogP contribution in [0.1, 0.15) is 107 Å². The molecular formula is C43H54N6O2. The Kier molecular flexibility index (Phi) is 8.64. The van der Waals surface area contributed by atoms with Crippen molar-refractivity contribution in [2.45, 2.75) is 112 Å². The molecular weight excluding hydrogens is 633 g/mol. The molecule has 268 valence electrons. The summed E-state index contributed by atoms with van der Waals surface area (Å²) in [6, 6.07) is 23.8. The highest BCUT2D eigenvalue weighted by Crippen LogP contribution is 2.44. The normalized spacial score (nSPS) is 13.4. The van der Waals surface area contributed by atoms with Crippen LogP contribution < -0.4 is 0 Å². The van der Waals surface area contributed by atoms with Crippen molar-refractivity contribution in [2.24, 2.45) is 10.8 Å². The van der Waals surface area contributed by atoms with Crippen molar-refractivity contribution in [1.29, 1.82) is 0 Å². The van der Waals surface area contributed by atoms with Gasteiger partial charge in [0.1, 0.15) is 22.5 Å². The second-order valence-electron chi connectivity index (χ2n) is 18.6. The Morgan fingerprint density at radius 3 is 1.16 bits per heavy atom. The molecule has 0 aliphatic carbocycles. The van der Waals surface area contributed by atoms with Gasteiger partial charge in [-0.3, -0.25) is 0 Å². The number of hydrogen-bond acceptors (Lipinski definition) is 6. The van der Waals surface area contributed by atoms with Crippen LogP contribution in [0.2, 0.25) is 0 Å². The first-order valence-corrected chi connectivity index (χ1v) is 18.0. The van der Waals surface area contributed by atoms with Crippen LogP contribution in [0.4, 0.5) is 0 Å². The molecule has 0 unspecified atom stereocenters. The molecule has 4 aromatic carbocycles. The predicted octanol–water partition coefficient (Wildman–Crippen LogP) is 10.6. The second kappa shape index (κ2) is 12.2. The van der Waals surface area contributed by atoms with Gasteiger partial charge in [0.15, 0.2) is 0 Å². The molecule has 0 aliphatic heterocycles. The molecule has 0 bridgehead atoms. The number of benzene rings is 4. The summed E-state index contributed by atoms with van der Waals surface area (Å²) in [6.07, 6.45) is 1.87. The van der Waals surface area contributed by atoms with Gasteiger partial charge in [-0.25, -0.2) is 9.36 Å². The number of phenolic OH excluding ortho intramolecular Hbond substituents is 2. The summed E-state index contributed by atoms with van der Waals surface area (Å²) in [6.45, 7) is 26.4. The van der Waals surface area contributed by atoms with Crippen LogP contribution >= 0.6 is 0 Å². The fraction of sp³-hybridized carbons (Fsp3) is 0.442. The van der Waals surface area contributed by atoms with Crippen LogP contribution in [-0.2, 0) is 16.5 Å². The van der Waals surface area contributed by atoms with E-state index in [-0.39, 0.29) is 33.4 Å². The van der Waals surface area contributed by atoms with Gasteiger partial charge < -0.3 is 10.2 Å². The standard InChI is InChI=1S/C43H54N6O2/c1-39(2,3)25-41(7,8)48-35-23-29(13-17-33(35)44-46-48)27-15-19-37(50)31(21-27)43(11,12)32-22-28(16-20-38(32)51)30-14-18-34-36(24-30)49(47-45-34)42(9,10)26-40(4,5)6/h13-24,50-51H,25-26H2,1-12H3. The van der Waals surface area contributed by atoms with Gasteiger partial charge in [-0.15, -0.1) is 10.2 Å². The third-order valence-electron chi connectivity index (χ3n) is 9.97. The zero-order valence-electron chi connectivity index (χ0n) is 32.4. The zero-order chi connectivity index (χ0) is 37.3. The Labute approximate surface area is 302 Å². The van der Waals surface area contributed by atoms with E-state index in [9.17, 15) is 10.2 Å². The maximum atomic E-state index is 11.3. The molecule has 0 saturated heterocycles. The number of nitrogens with zero attached hydrogens (tertiary/aromatic N) is 6. The summed E-state index contributed by atoms with van der Waals surface area (Å²) < 4.78 is 4.08. The summed E-state index contributed by atoms with van der Waals surface area (Å²) >= 11 is 0. The lowest BCUT2D eigenvalue weighted by Crippen LogP contribution is -2.32. The first-order chi connectivity index (χ1) is 23.6. The van der Waals surface area contributed by atoms with Crippen LogP contribution in [0.3, 0.4) is 0 Å². The first kappa shape index (κ1) is 36.1. The number of fused-ring (bicyclic) bond motifs is 2. The molecule has 0 fully saturated rings. The van der Waals surface area contributed by atoms with Crippen molar-refractivity contribution in [3.05, 3.63) is 83.9 Å². The van der Waals surface area contributed by atoms with Crippen molar-refractivity contribution in [3.63, 3.8) is 0 Å². The Morgan fingerprint density at radius 1 is 0.471 bits per heavy atom. The van der Waals surface area contributed by atoms with Crippen LogP contribution in [0.5, 0.6) is 11.5 Å². The summed E-state index contributed by atoms with van der Waals surface area (Å²) in [4.78, 5) is 0. The Balaban J connectivity index is 1.39. The zero-order valence-corrected chi connectivity index (χ0v) is 32.4. The van der Waals surface area contributed by atoms with Crippen molar-refractivity contribution in [1.82, 2.24) is 30.0 Å². The lowest BCUT2D eigenvalue weighted by Gasteiger charge is -2.32. The van der Waals surface area contributed by atoms with Crippen LogP contribution in [0.25, 0.3) is 44.3 Å². The maximum Gasteiger partial charge on any atom is 0.119 e. The van der Waals surface area contributed by atoms with E-state index >= 15 is 0 Å². The van der Waals surface area contributed by atoms with E-state index in [1.165, 1.54) is 0 Å². The number of rotatable bonds is 8. The van der Waals surface area contributed by atoms with Crippen molar-refractivity contribution in [3.8, 4) is 33.8 Å². The molecule has 8 nitrogen and oxygen atoms in total. The van der Waals surface area contributed by atoms with Crippen LogP contribution in [0.15, 0.2) is 72.8 Å². The average molecular weight is 687 g/mol. The van der Waals surface area contributed by atoms with E-state index in [0.29, 0.717) is 11.1 Å². The lowest BCUT2D eigenvalue weighted by molar-refractivity contribution is 0.200. The molecule has 2 heterocycles. The van der Waals surface area contributed by atoms with E-state index in [0.717, 1.165) is 57.2 Å². The average Bonchev–Trinajstić information content (AvgIpc) is 3.64. The molecule has 2 N–H and O–H groups in total. The monoisotopic (exact) mass is 686 g/mol. The van der Waals surface area contributed by atoms with Gasteiger partial charge >= 0.3 is 0 Å². The Bertz CT molecular complexity index is 2080.